The van der Waals surface area contributed by atoms with Gasteiger partial charge in [0.05, 0.1) is 0 Å². The molecule has 8 aromatic carbocycles. The van der Waals surface area contributed by atoms with Gasteiger partial charge < -0.3 is 8.83 Å². The van der Waals surface area contributed by atoms with Gasteiger partial charge in [-0.25, -0.2) is 9.97 Å². The van der Waals surface area contributed by atoms with E-state index in [1.807, 2.05) is 24.3 Å². The second-order valence-electron chi connectivity index (χ2n) is 12.9. The largest absolute Gasteiger partial charge is 0.456 e. The Kier molecular flexibility index (Phi) is 5.63. The molecule has 0 saturated carbocycles. The van der Waals surface area contributed by atoms with Crippen LogP contribution in [0.15, 0.2) is 167 Å². The van der Waals surface area contributed by atoms with Crippen molar-refractivity contribution in [2.75, 3.05) is 0 Å². The lowest BCUT2D eigenvalue weighted by Crippen LogP contribution is -1.96. The van der Waals surface area contributed by atoms with Crippen LogP contribution in [0.3, 0.4) is 0 Å². The molecule has 3 aromatic heterocycles. The van der Waals surface area contributed by atoms with Gasteiger partial charge in [-0.1, -0.05) is 115 Å². The van der Waals surface area contributed by atoms with Crippen LogP contribution >= 0.6 is 0 Å². The summed E-state index contributed by atoms with van der Waals surface area (Å²) >= 11 is 0. The van der Waals surface area contributed by atoms with Gasteiger partial charge in [0.25, 0.3) is 0 Å². The van der Waals surface area contributed by atoms with Crippen LogP contribution in [-0.4, -0.2) is 9.97 Å². The number of hydrogen-bond donors (Lipinski definition) is 0. The number of fused-ring (bicyclic) bond motifs is 6. The molecule has 0 saturated heterocycles. The molecule has 0 bridgehead atoms. The molecular formula is C46H26N2O2. The smallest absolute Gasteiger partial charge is 0.180 e. The molecule has 0 aliphatic heterocycles. The summed E-state index contributed by atoms with van der Waals surface area (Å²) in [6.45, 7) is 0. The minimum absolute atomic E-state index is 0.644. The second kappa shape index (κ2) is 10.4. The quantitative estimate of drug-likeness (QED) is 0.180. The highest BCUT2D eigenvalue weighted by atomic mass is 16.3. The number of hydrogen-bond acceptors (Lipinski definition) is 4. The molecule has 50 heavy (non-hydrogen) atoms. The zero-order valence-electron chi connectivity index (χ0n) is 26.7. The van der Waals surface area contributed by atoms with Crippen LogP contribution in [0.1, 0.15) is 0 Å². The molecule has 11 rings (SSSR count). The summed E-state index contributed by atoms with van der Waals surface area (Å²) in [5.41, 5.74) is 11.3. The Labute approximate surface area is 286 Å². The summed E-state index contributed by atoms with van der Waals surface area (Å²) in [5.74, 6) is 0.644. The molecule has 0 aliphatic carbocycles. The minimum Gasteiger partial charge on any atom is -0.456 e. The third-order valence-electron chi connectivity index (χ3n) is 10.1. The third kappa shape index (κ3) is 3.93. The van der Waals surface area contributed by atoms with E-state index in [9.17, 15) is 0 Å². The molecule has 232 valence electrons. The van der Waals surface area contributed by atoms with Gasteiger partial charge in [0.2, 0.25) is 0 Å². The zero-order valence-corrected chi connectivity index (χ0v) is 26.7. The van der Waals surface area contributed by atoms with Crippen molar-refractivity contribution >= 4 is 65.6 Å². The fourth-order valence-corrected chi connectivity index (χ4v) is 7.78. The van der Waals surface area contributed by atoms with Gasteiger partial charge in [-0.05, 0) is 80.9 Å². The Morgan fingerprint density at radius 3 is 1.86 bits per heavy atom. The van der Waals surface area contributed by atoms with E-state index in [1.165, 1.54) is 16.3 Å². The molecule has 0 N–H and O–H groups in total. The predicted molar refractivity (Wildman–Crippen MR) is 205 cm³/mol. The number of benzene rings is 8. The molecule has 0 amide bonds. The second-order valence-corrected chi connectivity index (χ2v) is 12.9. The van der Waals surface area contributed by atoms with Crippen LogP contribution in [0.25, 0.3) is 110 Å². The van der Waals surface area contributed by atoms with Gasteiger partial charge in [-0.15, -0.1) is 0 Å². The Hall–Kier alpha value is -6.78. The van der Waals surface area contributed by atoms with E-state index in [0.29, 0.717) is 11.4 Å². The predicted octanol–water partition coefficient (Wildman–Crippen LogP) is 12.7. The summed E-state index contributed by atoms with van der Waals surface area (Å²) in [6.07, 6.45) is 0. The molecule has 0 radical (unpaired) electrons. The molecule has 4 nitrogen and oxygen atoms in total. The van der Waals surface area contributed by atoms with Gasteiger partial charge in [-0.2, -0.15) is 0 Å². The number of aromatic nitrogens is 2. The number of rotatable bonds is 4. The first-order chi connectivity index (χ1) is 24.8. The van der Waals surface area contributed by atoms with Crippen molar-refractivity contribution in [3.63, 3.8) is 0 Å². The lowest BCUT2D eigenvalue weighted by Gasteiger charge is -2.14. The van der Waals surface area contributed by atoms with Gasteiger partial charge in [0.15, 0.2) is 11.4 Å². The maximum atomic E-state index is 6.54. The number of nitrogens with zero attached hydrogens (tertiary/aromatic N) is 2. The molecule has 0 spiro atoms. The zero-order chi connectivity index (χ0) is 32.8. The van der Waals surface area contributed by atoms with Crippen molar-refractivity contribution in [1.82, 2.24) is 9.97 Å². The van der Waals surface area contributed by atoms with Crippen LogP contribution < -0.4 is 0 Å². The van der Waals surface area contributed by atoms with E-state index in [0.717, 1.165) is 82.7 Å². The fraction of sp³-hybridized carbons (Fsp3) is 0. The average Bonchev–Trinajstić information content (AvgIpc) is 3.76. The van der Waals surface area contributed by atoms with Crippen molar-refractivity contribution in [3.05, 3.63) is 158 Å². The lowest BCUT2D eigenvalue weighted by atomic mass is 9.89. The molecule has 0 fully saturated rings. The first-order valence-corrected chi connectivity index (χ1v) is 16.8. The molecule has 0 aliphatic rings. The van der Waals surface area contributed by atoms with Gasteiger partial charge >= 0.3 is 0 Å². The van der Waals surface area contributed by atoms with Crippen molar-refractivity contribution in [2.24, 2.45) is 0 Å². The summed E-state index contributed by atoms with van der Waals surface area (Å²) in [5, 5.41) is 7.76. The topological polar surface area (TPSA) is 52.1 Å². The standard InChI is InChI=1S/C46H26N2O2/c1-3-11-27(12-4-1)29-15-9-16-31(25-29)43-45-44(34-17-7-8-19-37(34)50-45)48-46(47-43)35-23-24-39-42-40(35)36-26-30(28-13-5-2-6-14-28)21-22-32(36)33-18-10-20-38(49-39)41(33)42/h1-26H. The molecule has 0 atom stereocenters. The number of para-hydroxylation sites is 1. The van der Waals surface area contributed by atoms with Crippen LogP contribution in [-0.2, 0) is 0 Å². The van der Waals surface area contributed by atoms with Crippen molar-refractivity contribution in [2.45, 2.75) is 0 Å². The summed E-state index contributed by atoms with van der Waals surface area (Å²) < 4.78 is 13.0. The van der Waals surface area contributed by atoms with Crippen LogP contribution in [0.4, 0.5) is 0 Å². The highest BCUT2D eigenvalue weighted by molar-refractivity contribution is 6.35. The van der Waals surface area contributed by atoms with Gasteiger partial charge in [-0.3, -0.25) is 0 Å². The normalized spacial score (nSPS) is 12.0. The van der Waals surface area contributed by atoms with E-state index >= 15 is 0 Å². The van der Waals surface area contributed by atoms with Gasteiger partial charge in [0, 0.05) is 32.7 Å². The molecular weight excluding hydrogens is 613 g/mol. The van der Waals surface area contributed by atoms with Crippen LogP contribution in [0.5, 0.6) is 0 Å². The summed E-state index contributed by atoms with van der Waals surface area (Å²) in [4.78, 5) is 10.7. The van der Waals surface area contributed by atoms with Gasteiger partial charge in [0.1, 0.15) is 28.0 Å². The molecule has 0 unspecified atom stereocenters. The summed E-state index contributed by atoms with van der Waals surface area (Å²) in [7, 11) is 0. The Morgan fingerprint density at radius 2 is 1.02 bits per heavy atom. The van der Waals surface area contributed by atoms with E-state index in [1.54, 1.807) is 0 Å². The van der Waals surface area contributed by atoms with E-state index in [-0.39, 0.29) is 0 Å². The number of furan rings is 2. The van der Waals surface area contributed by atoms with E-state index < -0.39 is 0 Å². The molecule has 11 aromatic rings. The minimum atomic E-state index is 0.644. The first kappa shape index (κ1) is 27.2. The molecule has 3 heterocycles. The Bertz CT molecular complexity index is 3080. The SMILES string of the molecule is c1ccc(-c2cccc(-c3nc(-c4ccc5oc6cccc7c8ccc(-c9ccccc9)cc8c4c5c67)nc4c3oc3ccccc34)c2)cc1. The highest BCUT2D eigenvalue weighted by Gasteiger charge is 2.24. The van der Waals surface area contributed by atoms with Crippen molar-refractivity contribution in [1.29, 1.82) is 0 Å². The highest BCUT2D eigenvalue weighted by Crippen LogP contribution is 2.47. The van der Waals surface area contributed by atoms with Crippen molar-refractivity contribution < 1.29 is 8.83 Å². The maximum absolute atomic E-state index is 6.54. The lowest BCUT2D eigenvalue weighted by molar-refractivity contribution is 0.667. The monoisotopic (exact) mass is 638 g/mol. The Morgan fingerprint density at radius 1 is 0.360 bits per heavy atom. The maximum Gasteiger partial charge on any atom is 0.180 e. The Balaban J connectivity index is 1.26. The fourth-order valence-electron chi connectivity index (χ4n) is 7.78. The molecule has 4 heteroatoms. The van der Waals surface area contributed by atoms with Crippen LogP contribution in [0.2, 0.25) is 0 Å². The third-order valence-corrected chi connectivity index (χ3v) is 10.1. The van der Waals surface area contributed by atoms with Crippen LogP contribution in [0, 0.1) is 0 Å². The van der Waals surface area contributed by atoms with E-state index in [4.69, 9.17) is 18.8 Å². The summed E-state index contributed by atoms with van der Waals surface area (Å²) in [6, 6.07) is 54.9. The average molecular weight is 639 g/mol. The van der Waals surface area contributed by atoms with Crippen molar-refractivity contribution in [3.8, 4) is 44.9 Å². The first-order valence-electron chi connectivity index (χ1n) is 16.8. The van der Waals surface area contributed by atoms with E-state index in [2.05, 4.69) is 133 Å².